The predicted octanol–water partition coefficient (Wildman–Crippen LogP) is 0.962. The van der Waals surface area contributed by atoms with Crippen LogP contribution in [0.4, 0.5) is 4.39 Å². The Balaban J connectivity index is 2.40. The molecule has 18 heavy (non-hydrogen) atoms. The van der Waals surface area contributed by atoms with Crippen molar-refractivity contribution in [1.29, 1.82) is 0 Å². The average Bonchev–Trinajstić information content (AvgIpc) is 2.34. The van der Waals surface area contributed by atoms with Gasteiger partial charge in [0.15, 0.2) is 0 Å². The van der Waals surface area contributed by atoms with Crippen molar-refractivity contribution in [2.45, 2.75) is 6.10 Å². The molecular formula is C13H16FNO3. The predicted molar refractivity (Wildman–Crippen MR) is 66.3 cm³/mol. The van der Waals surface area contributed by atoms with Crippen LogP contribution >= 0.6 is 0 Å². The molecule has 0 bridgehead atoms. The Bertz CT molecular complexity index is 420. The van der Waals surface area contributed by atoms with Crippen LogP contribution in [0.25, 0.3) is 6.08 Å². The summed E-state index contributed by atoms with van der Waals surface area (Å²) < 4.78 is 17.6. The zero-order chi connectivity index (χ0) is 13.4. The molecule has 0 aliphatic carbocycles. The molecule has 1 aromatic rings. The highest BCUT2D eigenvalue weighted by molar-refractivity contribution is 5.91. The fraction of sp³-hybridized carbons (Fsp3) is 0.308. The van der Waals surface area contributed by atoms with Gasteiger partial charge in [0, 0.05) is 19.7 Å². The largest absolute Gasteiger partial charge is 0.389 e. The minimum atomic E-state index is -0.735. The average molecular weight is 253 g/mol. The van der Waals surface area contributed by atoms with E-state index in [9.17, 15) is 14.3 Å². The lowest BCUT2D eigenvalue weighted by atomic mass is 10.2. The number of ether oxygens (including phenoxy) is 1. The Morgan fingerprint density at radius 2 is 2.39 bits per heavy atom. The number of aliphatic hydroxyl groups is 1. The van der Waals surface area contributed by atoms with Gasteiger partial charge in [0.2, 0.25) is 5.91 Å². The van der Waals surface area contributed by atoms with Gasteiger partial charge in [-0.25, -0.2) is 4.39 Å². The molecule has 0 aromatic heterocycles. The second-order valence-corrected chi connectivity index (χ2v) is 3.74. The van der Waals surface area contributed by atoms with Crippen molar-refractivity contribution >= 4 is 12.0 Å². The molecule has 1 rings (SSSR count). The summed E-state index contributed by atoms with van der Waals surface area (Å²) >= 11 is 0. The third-order valence-corrected chi connectivity index (χ3v) is 2.15. The second-order valence-electron chi connectivity index (χ2n) is 3.74. The van der Waals surface area contributed by atoms with Gasteiger partial charge in [-0.15, -0.1) is 0 Å². The summed E-state index contributed by atoms with van der Waals surface area (Å²) in [6, 6.07) is 5.91. The van der Waals surface area contributed by atoms with Crippen LogP contribution in [0.15, 0.2) is 30.3 Å². The summed E-state index contributed by atoms with van der Waals surface area (Å²) in [6.45, 7) is 0.272. The zero-order valence-corrected chi connectivity index (χ0v) is 10.1. The third kappa shape index (κ3) is 5.56. The number of halogens is 1. The SMILES string of the molecule is COCC(O)CNC(=O)C=Cc1cccc(F)c1. The Labute approximate surface area is 105 Å². The standard InChI is InChI=1S/C13H16FNO3/c1-18-9-12(16)8-15-13(17)6-5-10-3-2-4-11(14)7-10/h2-7,12,16H,8-9H2,1H3,(H,15,17). The summed E-state index contributed by atoms with van der Waals surface area (Å²) in [5, 5.41) is 11.8. The Morgan fingerprint density at radius 3 is 3.06 bits per heavy atom. The van der Waals surface area contributed by atoms with Crippen LogP contribution in [-0.2, 0) is 9.53 Å². The highest BCUT2D eigenvalue weighted by atomic mass is 19.1. The number of rotatable bonds is 6. The summed E-state index contributed by atoms with van der Waals surface area (Å²) in [5.41, 5.74) is 0.600. The fourth-order valence-corrected chi connectivity index (χ4v) is 1.31. The zero-order valence-electron chi connectivity index (χ0n) is 10.1. The van der Waals surface area contributed by atoms with E-state index in [0.29, 0.717) is 5.56 Å². The normalized spacial score (nSPS) is 12.6. The smallest absolute Gasteiger partial charge is 0.244 e. The Kier molecular flexibility index (Phi) is 6.04. The maximum absolute atomic E-state index is 12.8. The van der Waals surface area contributed by atoms with E-state index >= 15 is 0 Å². The van der Waals surface area contributed by atoms with Gasteiger partial charge >= 0.3 is 0 Å². The number of nitrogens with one attached hydrogen (secondary N) is 1. The number of methoxy groups -OCH3 is 1. The van der Waals surface area contributed by atoms with Crippen LogP contribution in [0.5, 0.6) is 0 Å². The van der Waals surface area contributed by atoms with Gasteiger partial charge in [0.1, 0.15) is 5.82 Å². The number of carbonyl (C=O) groups is 1. The fourth-order valence-electron chi connectivity index (χ4n) is 1.31. The highest BCUT2D eigenvalue weighted by Crippen LogP contribution is 2.04. The van der Waals surface area contributed by atoms with Crippen LogP contribution in [0.3, 0.4) is 0 Å². The van der Waals surface area contributed by atoms with Crippen LogP contribution < -0.4 is 5.32 Å². The summed E-state index contributed by atoms with van der Waals surface area (Å²) in [6.07, 6.45) is 2.05. The minimum Gasteiger partial charge on any atom is -0.389 e. The number of hydrogen-bond donors (Lipinski definition) is 2. The molecule has 0 fully saturated rings. The van der Waals surface area contributed by atoms with Gasteiger partial charge in [0.25, 0.3) is 0 Å². The third-order valence-electron chi connectivity index (χ3n) is 2.15. The van der Waals surface area contributed by atoms with E-state index in [1.54, 1.807) is 12.1 Å². The molecule has 0 aliphatic heterocycles. The quantitative estimate of drug-likeness (QED) is 0.742. The van der Waals surface area contributed by atoms with Crippen molar-refractivity contribution in [2.24, 2.45) is 0 Å². The van der Waals surface area contributed by atoms with Crippen LogP contribution in [-0.4, -0.2) is 37.4 Å². The molecule has 0 spiro atoms. The first kappa shape index (κ1) is 14.3. The molecule has 0 saturated heterocycles. The van der Waals surface area contributed by atoms with Crippen molar-refractivity contribution in [3.63, 3.8) is 0 Å². The van der Waals surface area contributed by atoms with Crippen molar-refractivity contribution < 1.29 is 19.0 Å². The minimum absolute atomic E-state index is 0.111. The first-order valence-electron chi connectivity index (χ1n) is 5.50. The monoisotopic (exact) mass is 253 g/mol. The molecule has 1 unspecified atom stereocenters. The van der Waals surface area contributed by atoms with E-state index in [1.807, 2.05) is 0 Å². The van der Waals surface area contributed by atoms with E-state index < -0.39 is 6.10 Å². The molecule has 98 valence electrons. The molecule has 0 saturated carbocycles. The number of aliphatic hydroxyl groups excluding tert-OH is 1. The molecule has 1 atom stereocenters. The summed E-state index contributed by atoms with van der Waals surface area (Å²) in [5.74, 6) is -0.706. The number of hydrogen-bond acceptors (Lipinski definition) is 3. The molecule has 5 heteroatoms. The van der Waals surface area contributed by atoms with Crippen molar-refractivity contribution in [2.75, 3.05) is 20.3 Å². The highest BCUT2D eigenvalue weighted by Gasteiger charge is 2.04. The molecule has 0 radical (unpaired) electrons. The van der Waals surface area contributed by atoms with E-state index in [1.165, 1.54) is 31.4 Å². The van der Waals surface area contributed by atoms with E-state index in [4.69, 9.17) is 4.74 Å². The maximum Gasteiger partial charge on any atom is 0.244 e. The molecule has 1 amide bonds. The van der Waals surface area contributed by atoms with E-state index in [0.717, 1.165) is 0 Å². The summed E-state index contributed by atoms with van der Waals surface area (Å²) in [7, 11) is 1.47. The molecule has 0 heterocycles. The van der Waals surface area contributed by atoms with Gasteiger partial charge < -0.3 is 15.2 Å². The first-order valence-corrected chi connectivity index (χ1v) is 5.50. The first-order chi connectivity index (χ1) is 8.61. The maximum atomic E-state index is 12.8. The summed E-state index contributed by atoms with van der Waals surface area (Å²) in [4.78, 5) is 11.4. The van der Waals surface area contributed by atoms with Crippen LogP contribution in [0, 0.1) is 5.82 Å². The van der Waals surface area contributed by atoms with Gasteiger partial charge in [-0.1, -0.05) is 12.1 Å². The molecule has 0 aliphatic rings. The van der Waals surface area contributed by atoms with Gasteiger partial charge in [-0.05, 0) is 23.8 Å². The van der Waals surface area contributed by atoms with Crippen LogP contribution in [0.2, 0.25) is 0 Å². The van der Waals surface area contributed by atoms with Crippen molar-refractivity contribution in [3.05, 3.63) is 41.7 Å². The molecule has 2 N–H and O–H groups in total. The Hall–Kier alpha value is -1.72. The number of carbonyl (C=O) groups excluding carboxylic acids is 1. The molecular weight excluding hydrogens is 237 g/mol. The molecule has 4 nitrogen and oxygen atoms in total. The lowest BCUT2D eigenvalue weighted by molar-refractivity contribution is -0.117. The number of benzene rings is 1. The number of amides is 1. The van der Waals surface area contributed by atoms with Gasteiger partial charge in [-0.3, -0.25) is 4.79 Å². The Morgan fingerprint density at radius 1 is 1.61 bits per heavy atom. The van der Waals surface area contributed by atoms with Crippen molar-refractivity contribution in [1.82, 2.24) is 5.32 Å². The van der Waals surface area contributed by atoms with Crippen molar-refractivity contribution in [3.8, 4) is 0 Å². The lowest BCUT2D eigenvalue weighted by Crippen LogP contribution is -2.33. The second kappa shape index (κ2) is 7.58. The van der Waals surface area contributed by atoms with Crippen LogP contribution in [0.1, 0.15) is 5.56 Å². The topological polar surface area (TPSA) is 58.6 Å². The van der Waals surface area contributed by atoms with E-state index in [2.05, 4.69) is 5.32 Å². The van der Waals surface area contributed by atoms with E-state index in [-0.39, 0.29) is 24.9 Å². The van der Waals surface area contributed by atoms with Gasteiger partial charge in [-0.2, -0.15) is 0 Å². The lowest BCUT2D eigenvalue weighted by Gasteiger charge is -2.08. The van der Waals surface area contributed by atoms with Gasteiger partial charge in [0.05, 0.1) is 12.7 Å². The molecule has 1 aromatic carbocycles.